The molecule has 0 bridgehead atoms. The second kappa shape index (κ2) is 12.2. The Hall–Kier alpha value is -2.43. The largest absolute Gasteiger partial charge is 2.00 e. The fourth-order valence-electron chi connectivity index (χ4n) is 2.90. The minimum absolute atomic E-state index is 0. The third kappa shape index (κ3) is 6.84. The van der Waals surface area contributed by atoms with Gasteiger partial charge in [-0.1, -0.05) is 156 Å². The van der Waals surface area contributed by atoms with Crippen LogP contribution in [0, 0.1) is 0 Å². The van der Waals surface area contributed by atoms with Gasteiger partial charge < -0.3 is 10.2 Å². The van der Waals surface area contributed by atoms with Crippen molar-refractivity contribution in [3.05, 3.63) is 144 Å². The van der Waals surface area contributed by atoms with E-state index in [0.29, 0.717) is 0 Å². The Morgan fingerprint density at radius 3 is 0.690 bits per heavy atom. The maximum Gasteiger partial charge on any atom is 2.00 e. The average molecular weight is 391 g/mol. The summed E-state index contributed by atoms with van der Waals surface area (Å²) in [6.07, 6.45) is -1.53. The molecule has 0 unspecified atom stereocenters. The fourth-order valence-corrected chi connectivity index (χ4v) is 2.90. The van der Waals surface area contributed by atoms with Crippen molar-refractivity contribution in [2.24, 2.45) is 0 Å². The van der Waals surface area contributed by atoms with Crippen LogP contribution in [0.3, 0.4) is 0 Å². The Balaban J connectivity index is 0.000000200. The normalized spacial score (nSPS) is 10.1. The van der Waals surface area contributed by atoms with E-state index in [-0.39, 0.29) is 23.1 Å². The van der Waals surface area contributed by atoms with Gasteiger partial charge in [-0.15, -0.1) is 0 Å². The second-order valence-electron chi connectivity index (χ2n) is 6.40. The molecule has 4 aromatic carbocycles. The summed E-state index contributed by atoms with van der Waals surface area (Å²) in [4.78, 5) is 0. The summed E-state index contributed by atoms with van der Waals surface area (Å²) in [5.74, 6) is 0. The SMILES string of the molecule is [Mg+2].[O-]C(c1ccccc1)c1ccccc1.[O-]C(c1ccccc1)c1ccccc1. The summed E-state index contributed by atoms with van der Waals surface area (Å²) >= 11 is 0. The van der Waals surface area contributed by atoms with E-state index in [1.807, 2.05) is 121 Å². The van der Waals surface area contributed by atoms with Crippen molar-refractivity contribution in [2.45, 2.75) is 12.2 Å². The van der Waals surface area contributed by atoms with Gasteiger partial charge in [0.05, 0.1) is 0 Å². The molecule has 0 amide bonds. The van der Waals surface area contributed by atoms with Gasteiger partial charge in [-0.3, -0.25) is 0 Å². The molecule has 0 saturated heterocycles. The summed E-state index contributed by atoms with van der Waals surface area (Å²) in [5.41, 5.74) is 3.27. The van der Waals surface area contributed by atoms with Crippen molar-refractivity contribution in [1.82, 2.24) is 0 Å². The second-order valence-corrected chi connectivity index (χ2v) is 6.40. The molecular weight excluding hydrogens is 369 g/mol. The molecule has 0 aromatic heterocycles. The van der Waals surface area contributed by atoms with Crippen molar-refractivity contribution in [3.8, 4) is 0 Å². The van der Waals surface area contributed by atoms with E-state index in [9.17, 15) is 10.2 Å². The number of rotatable bonds is 4. The molecule has 4 rings (SSSR count). The smallest absolute Gasteiger partial charge is 0.845 e. The zero-order chi connectivity index (χ0) is 19.6. The molecule has 2 nitrogen and oxygen atoms in total. The van der Waals surface area contributed by atoms with E-state index in [1.165, 1.54) is 0 Å². The Morgan fingerprint density at radius 2 is 0.517 bits per heavy atom. The Bertz CT molecular complexity index is 769. The van der Waals surface area contributed by atoms with Crippen LogP contribution in [0.1, 0.15) is 34.5 Å². The summed E-state index contributed by atoms with van der Waals surface area (Å²) in [7, 11) is 0. The minimum Gasteiger partial charge on any atom is -0.845 e. The van der Waals surface area contributed by atoms with Gasteiger partial charge in [-0.05, 0) is 0 Å². The van der Waals surface area contributed by atoms with Crippen LogP contribution >= 0.6 is 0 Å². The van der Waals surface area contributed by atoms with E-state index >= 15 is 0 Å². The first kappa shape index (κ1) is 22.9. The van der Waals surface area contributed by atoms with Gasteiger partial charge in [0.25, 0.3) is 0 Å². The summed E-state index contributed by atoms with van der Waals surface area (Å²) < 4.78 is 0. The molecule has 0 heterocycles. The quantitative estimate of drug-likeness (QED) is 0.496. The van der Waals surface area contributed by atoms with Crippen LogP contribution in [0.15, 0.2) is 121 Å². The molecule has 0 saturated carbocycles. The molecule has 0 atom stereocenters. The molecule has 0 aliphatic rings. The summed E-state index contributed by atoms with van der Waals surface area (Å²) in [6, 6.07) is 37.7. The predicted octanol–water partition coefficient (Wildman–Crippen LogP) is 3.89. The molecule has 0 N–H and O–H groups in total. The first-order chi connectivity index (χ1) is 13.8. The molecule has 0 aliphatic heterocycles. The van der Waals surface area contributed by atoms with E-state index in [4.69, 9.17) is 0 Å². The van der Waals surface area contributed by atoms with E-state index < -0.39 is 12.2 Å². The Labute approximate surface area is 188 Å². The molecule has 4 aromatic rings. The first-order valence-electron chi connectivity index (χ1n) is 9.27. The fraction of sp³-hybridized carbons (Fsp3) is 0.0769. The summed E-state index contributed by atoms with van der Waals surface area (Å²) in [6.45, 7) is 0. The molecule has 0 aliphatic carbocycles. The van der Waals surface area contributed by atoms with Gasteiger partial charge in [0.15, 0.2) is 0 Å². The standard InChI is InChI=1S/2C13H11O.Mg/c2*14-13(11-7-3-1-4-8-11)12-9-5-2-6-10-12;/h2*1-10,13H;/q2*-1;+2. The van der Waals surface area contributed by atoms with Crippen LogP contribution in [-0.2, 0) is 0 Å². The maximum absolute atomic E-state index is 11.9. The average Bonchev–Trinajstić information content (AvgIpc) is 2.81. The molecule has 3 heteroatoms. The Kier molecular flexibility index (Phi) is 9.61. The van der Waals surface area contributed by atoms with Crippen LogP contribution in [0.4, 0.5) is 0 Å². The van der Waals surface area contributed by atoms with Crippen molar-refractivity contribution < 1.29 is 10.2 Å². The van der Waals surface area contributed by atoms with Crippen molar-refractivity contribution in [2.75, 3.05) is 0 Å². The molecule has 29 heavy (non-hydrogen) atoms. The van der Waals surface area contributed by atoms with Crippen LogP contribution in [0.5, 0.6) is 0 Å². The van der Waals surface area contributed by atoms with E-state index in [0.717, 1.165) is 22.3 Å². The number of benzene rings is 4. The summed E-state index contributed by atoms with van der Waals surface area (Å²) in [5, 5.41) is 23.9. The van der Waals surface area contributed by atoms with E-state index in [1.54, 1.807) is 0 Å². The van der Waals surface area contributed by atoms with Crippen LogP contribution in [0.25, 0.3) is 0 Å². The van der Waals surface area contributed by atoms with Crippen molar-refractivity contribution >= 4 is 23.1 Å². The zero-order valence-corrected chi connectivity index (χ0v) is 17.6. The van der Waals surface area contributed by atoms with Gasteiger partial charge in [0.1, 0.15) is 0 Å². The molecular formula is C26H22MgO2. The monoisotopic (exact) mass is 390 g/mol. The van der Waals surface area contributed by atoms with Crippen molar-refractivity contribution in [3.63, 3.8) is 0 Å². The topological polar surface area (TPSA) is 46.1 Å². The van der Waals surface area contributed by atoms with Crippen molar-refractivity contribution in [1.29, 1.82) is 0 Å². The number of hydrogen-bond acceptors (Lipinski definition) is 2. The van der Waals surface area contributed by atoms with Crippen LogP contribution in [-0.4, -0.2) is 23.1 Å². The van der Waals surface area contributed by atoms with Gasteiger partial charge in [0.2, 0.25) is 0 Å². The van der Waals surface area contributed by atoms with Gasteiger partial charge >= 0.3 is 23.1 Å². The van der Waals surface area contributed by atoms with Crippen LogP contribution < -0.4 is 10.2 Å². The maximum atomic E-state index is 11.9. The minimum atomic E-state index is -0.766. The van der Waals surface area contributed by atoms with Gasteiger partial charge in [-0.2, -0.15) is 0 Å². The zero-order valence-electron chi connectivity index (χ0n) is 16.2. The van der Waals surface area contributed by atoms with Gasteiger partial charge in [0, 0.05) is 0 Å². The van der Waals surface area contributed by atoms with Gasteiger partial charge in [-0.25, -0.2) is 0 Å². The Morgan fingerprint density at radius 1 is 0.345 bits per heavy atom. The molecule has 140 valence electrons. The first-order valence-corrected chi connectivity index (χ1v) is 9.27. The molecule has 0 spiro atoms. The van der Waals surface area contributed by atoms with E-state index in [2.05, 4.69) is 0 Å². The third-order valence-corrected chi connectivity index (χ3v) is 4.41. The third-order valence-electron chi connectivity index (χ3n) is 4.41. The van der Waals surface area contributed by atoms with Crippen LogP contribution in [0.2, 0.25) is 0 Å². The number of hydrogen-bond donors (Lipinski definition) is 0. The predicted molar refractivity (Wildman–Crippen MR) is 115 cm³/mol. The molecule has 0 fully saturated rings. The molecule has 0 radical (unpaired) electrons.